The first-order valence-corrected chi connectivity index (χ1v) is 10.3. The van der Waals surface area contributed by atoms with Crippen LogP contribution >= 0.6 is 0 Å². The molecule has 1 amide bonds. The van der Waals surface area contributed by atoms with E-state index in [2.05, 4.69) is 29.3 Å². The summed E-state index contributed by atoms with van der Waals surface area (Å²) >= 11 is 0. The molecule has 2 N–H and O–H groups in total. The molecule has 0 spiro atoms. The minimum absolute atomic E-state index is 0.0938. The Morgan fingerprint density at radius 3 is 2.52 bits per heavy atom. The zero-order chi connectivity index (χ0) is 21.8. The zero-order valence-electron chi connectivity index (χ0n) is 17.5. The fraction of sp³-hybridized carbons (Fsp3) is 0.250. The van der Waals surface area contributed by atoms with Crippen LogP contribution in [0.25, 0.3) is 10.8 Å². The Morgan fingerprint density at radius 2 is 1.84 bits per heavy atom. The van der Waals surface area contributed by atoms with Crippen molar-refractivity contribution in [3.63, 3.8) is 0 Å². The van der Waals surface area contributed by atoms with Gasteiger partial charge in [0.15, 0.2) is 11.5 Å². The summed E-state index contributed by atoms with van der Waals surface area (Å²) in [5, 5.41) is 16.3. The van der Waals surface area contributed by atoms with Crippen molar-refractivity contribution >= 4 is 28.6 Å². The maximum absolute atomic E-state index is 12.5. The average molecular weight is 419 g/mol. The number of hydrazone groups is 1. The fourth-order valence-corrected chi connectivity index (χ4v) is 3.55. The van der Waals surface area contributed by atoms with Crippen LogP contribution in [0.5, 0.6) is 17.2 Å². The molecule has 3 aromatic rings. The first kappa shape index (κ1) is 20.5. The van der Waals surface area contributed by atoms with Gasteiger partial charge in [0, 0.05) is 30.4 Å². The third-order valence-electron chi connectivity index (χ3n) is 5.28. The number of amides is 1. The number of hydrogen-bond donors (Lipinski definition) is 2. The van der Waals surface area contributed by atoms with Crippen LogP contribution in [0.15, 0.2) is 59.7 Å². The summed E-state index contributed by atoms with van der Waals surface area (Å²) in [6, 6.07) is 17.0. The predicted octanol–water partition coefficient (Wildman–Crippen LogP) is 3.68. The van der Waals surface area contributed by atoms with E-state index in [0.29, 0.717) is 17.1 Å². The van der Waals surface area contributed by atoms with Crippen molar-refractivity contribution in [2.45, 2.75) is 20.0 Å². The Bertz CT molecular complexity index is 1130. The van der Waals surface area contributed by atoms with E-state index in [4.69, 9.17) is 9.47 Å². The van der Waals surface area contributed by atoms with Crippen LogP contribution in [0, 0.1) is 0 Å². The molecule has 0 aromatic heterocycles. The number of phenols is 1. The normalized spacial score (nSPS) is 15.2. The van der Waals surface area contributed by atoms with Crippen molar-refractivity contribution in [3.05, 3.63) is 60.2 Å². The highest BCUT2D eigenvalue weighted by Gasteiger charge is 2.27. The summed E-state index contributed by atoms with van der Waals surface area (Å²) in [6.45, 7) is 5.91. The molecular weight excluding hydrogens is 394 g/mol. The lowest BCUT2D eigenvalue weighted by Gasteiger charge is -2.25. The summed E-state index contributed by atoms with van der Waals surface area (Å²) in [5.74, 6) is 0.818. The second-order valence-electron chi connectivity index (χ2n) is 7.21. The molecule has 0 fully saturated rings. The monoisotopic (exact) mass is 419 g/mol. The Morgan fingerprint density at radius 1 is 1.13 bits per heavy atom. The minimum atomic E-state index is -0.815. The topological polar surface area (TPSA) is 83.4 Å². The largest absolute Gasteiger partial charge is 0.507 e. The average Bonchev–Trinajstić information content (AvgIpc) is 2.79. The second kappa shape index (κ2) is 8.95. The number of phenolic OH excluding ortho intramolecular Hbond substituents is 1. The number of rotatable bonds is 6. The SMILES string of the molecule is CCN(CC)c1ccc(/C=N\NC(=O)C2COc3cc4ccccc4cc3O2)c(O)c1. The van der Waals surface area contributed by atoms with E-state index in [1.807, 2.05) is 42.5 Å². The molecule has 0 saturated carbocycles. The zero-order valence-corrected chi connectivity index (χ0v) is 17.5. The first-order valence-electron chi connectivity index (χ1n) is 10.3. The second-order valence-corrected chi connectivity index (χ2v) is 7.21. The summed E-state index contributed by atoms with van der Waals surface area (Å²) < 4.78 is 11.6. The molecule has 31 heavy (non-hydrogen) atoms. The maximum Gasteiger partial charge on any atom is 0.284 e. The molecule has 0 radical (unpaired) electrons. The Hall–Kier alpha value is -3.74. The van der Waals surface area contributed by atoms with Gasteiger partial charge in [-0.05, 0) is 48.9 Å². The van der Waals surface area contributed by atoms with E-state index in [-0.39, 0.29) is 12.4 Å². The van der Waals surface area contributed by atoms with Gasteiger partial charge in [-0.15, -0.1) is 0 Å². The molecule has 160 valence electrons. The third-order valence-corrected chi connectivity index (χ3v) is 5.28. The van der Waals surface area contributed by atoms with Gasteiger partial charge in [0.25, 0.3) is 5.91 Å². The number of nitrogens with one attached hydrogen (secondary N) is 1. The quantitative estimate of drug-likeness (QED) is 0.470. The van der Waals surface area contributed by atoms with Crippen LogP contribution in [0.4, 0.5) is 5.69 Å². The molecule has 0 bridgehead atoms. The molecule has 4 rings (SSSR count). The van der Waals surface area contributed by atoms with E-state index in [1.165, 1.54) is 6.21 Å². The van der Waals surface area contributed by atoms with E-state index >= 15 is 0 Å². The van der Waals surface area contributed by atoms with Crippen molar-refractivity contribution in [2.24, 2.45) is 5.10 Å². The van der Waals surface area contributed by atoms with E-state index in [0.717, 1.165) is 29.5 Å². The van der Waals surface area contributed by atoms with Crippen LogP contribution in [0.2, 0.25) is 0 Å². The molecule has 7 heteroatoms. The number of benzene rings is 3. The summed E-state index contributed by atoms with van der Waals surface area (Å²) in [5.41, 5.74) is 3.90. The summed E-state index contributed by atoms with van der Waals surface area (Å²) in [6.07, 6.45) is 0.592. The van der Waals surface area contributed by atoms with Crippen LogP contribution in [-0.2, 0) is 4.79 Å². The molecule has 1 unspecified atom stereocenters. The van der Waals surface area contributed by atoms with Crippen LogP contribution in [0.3, 0.4) is 0 Å². The smallest absolute Gasteiger partial charge is 0.284 e. The highest BCUT2D eigenvalue weighted by atomic mass is 16.6. The van der Waals surface area contributed by atoms with E-state index in [9.17, 15) is 9.90 Å². The molecule has 0 aliphatic carbocycles. The molecule has 3 aromatic carbocycles. The van der Waals surface area contributed by atoms with Gasteiger partial charge in [-0.25, -0.2) is 5.43 Å². The molecule has 1 aliphatic rings. The van der Waals surface area contributed by atoms with Gasteiger partial charge in [0.05, 0.1) is 6.21 Å². The van der Waals surface area contributed by atoms with Crippen LogP contribution < -0.4 is 19.8 Å². The minimum Gasteiger partial charge on any atom is -0.507 e. The number of carbonyl (C=O) groups is 1. The van der Waals surface area contributed by atoms with Crippen molar-refractivity contribution < 1.29 is 19.4 Å². The van der Waals surface area contributed by atoms with Crippen LogP contribution in [0.1, 0.15) is 19.4 Å². The summed E-state index contributed by atoms with van der Waals surface area (Å²) in [4.78, 5) is 14.6. The van der Waals surface area contributed by atoms with Gasteiger partial charge in [0.1, 0.15) is 12.4 Å². The first-order chi connectivity index (χ1) is 15.1. The number of anilines is 1. The number of fused-ring (bicyclic) bond motifs is 2. The molecule has 0 saturated heterocycles. The van der Waals surface area contributed by atoms with Crippen LogP contribution in [-0.4, -0.2) is 43.0 Å². The standard InChI is InChI=1S/C24H25N3O4/c1-3-27(4-2)19-10-9-18(20(28)13-19)14-25-26-24(29)23-15-30-21-11-16-7-5-6-8-17(16)12-22(21)31-23/h5-14,23,28H,3-4,15H2,1-2H3,(H,26,29)/b25-14-. The molecule has 7 nitrogen and oxygen atoms in total. The maximum atomic E-state index is 12.5. The number of nitrogens with zero attached hydrogens (tertiary/aromatic N) is 2. The Labute approximate surface area is 180 Å². The van der Waals surface area contributed by atoms with Gasteiger partial charge >= 0.3 is 0 Å². The summed E-state index contributed by atoms with van der Waals surface area (Å²) in [7, 11) is 0. The highest BCUT2D eigenvalue weighted by molar-refractivity contribution is 5.88. The molecule has 1 heterocycles. The number of ether oxygens (including phenoxy) is 2. The number of aromatic hydroxyl groups is 1. The van der Waals surface area contributed by atoms with Gasteiger partial charge in [0.2, 0.25) is 6.10 Å². The lowest BCUT2D eigenvalue weighted by Crippen LogP contribution is -2.42. The van der Waals surface area contributed by atoms with Crippen molar-refractivity contribution in [1.29, 1.82) is 0 Å². The van der Waals surface area contributed by atoms with E-state index in [1.54, 1.807) is 12.1 Å². The third kappa shape index (κ3) is 4.40. The van der Waals surface area contributed by atoms with Crippen molar-refractivity contribution in [3.8, 4) is 17.2 Å². The predicted molar refractivity (Wildman–Crippen MR) is 121 cm³/mol. The van der Waals surface area contributed by atoms with Gasteiger partial charge in [-0.3, -0.25) is 4.79 Å². The molecule has 1 aliphatic heterocycles. The van der Waals surface area contributed by atoms with Crippen molar-refractivity contribution in [2.75, 3.05) is 24.6 Å². The van der Waals surface area contributed by atoms with Gasteiger partial charge in [-0.1, -0.05) is 24.3 Å². The van der Waals surface area contributed by atoms with Gasteiger partial charge in [-0.2, -0.15) is 5.10 Å². The molecule has 1 atom stereocenters. The highest BCUT2D eigenvalue weighted by Crippen LogP contribution is 2.35. The number of carbonyl (C=O) groups excluding carboxylic acids is 1. The molecular formula is C24H25N3O4. The van der Waals surface area contributed by atoms with Gasteiger partial charge < -0.3 is 19.5 Å². The fourth-order valence-electron chi connectivity index (χ4n) is 3.55. The Balaban J connectivity index is 1.40. The lowest BCUT2D eigenvalue weighted by molar-refractivity contribution is -0.130. The Kier molecular flexibility index (Phi) is 5.93. The lowest BCUT2D eigenvalue weighted by atomic mass is 10.1. The number of hydrogen-bond acceptors (Lipinski definition) is 6. The van der Waals surface area contributed by atoms with E-state index < -0.39 is 12.0 Å². The van der Waals surface area contributed by atoms with Crippen molar-refractivity contribution in [1.82, 2.24) is 5.43 Å².